The van der Waals surface area contributed by atoms with Gasteiger partial charge in [-0.2, -0.15) is 0 Å². The summed E-state index contributed by atoms with van der Waals surface area (Å²) in [4.78, 5) is 4.37. The van der Waals surface area contributed by atoms with Gasteiger partial charge in [0.25, 0.3) is 0 Å². The van der Waals surface area contributed by atoms with Crippen molar-refractivity contribution in [1.29, 1.82) is 0 Å². The standard InChI is InChI=1S/C14H17Cl2N3O5/c15-6-3-8-9(4-7(6)16)19(14(18-8)17-1-2-20)13-12(23)11(22)10(5-21)24-13/h3-4,10-13,20-23H,1-2,5H2,(H,17,18)/t10-,11-,12-,13-/m0/s1. The van der Waals surface area contributed by atoms with Crippen LogP contribution in [0.15, 0.2) is 12.1 Å². The molecule has 1 aromatic heterocycles. The third kappa shape index (κ3) is 2.95. The number of aliphatic hydroxyl groups is 4. The highest BCUT2D eigenvalue weighted by Gasteiger charge is 2.44. The predicted octanol–water partition coefficient (Wildman–Crippen LogP) is 0.359. The molecule has 0 amide bonds. The minimum atomic E-state index is -1.27. The number of imidazole rings is 1. The van der Waals surface area contributed by atoms with Crippen LogP contribution in [0.2, 0.25) is 10.0 Å². The molecule has 1 saturated heterocycles. The van der Waals surface area contributed by atoms with Crippen molar-refractivity contribution < 1.29 is 25.2 Å². The molecule has 0 saturated carbocycles. The second-order valence-electron chi connectivity index (χ2n) is 5.44. The monoisotopic (exact) mass is 377 g/mol. The summed E-state index contributed by atoms with van der Waals surface area (Å²) >= 11 is 12.1. The zero-order valence-electron chi connectivity index (χ0n) is 12.4. The minimum Gasteiger partial charge on any atom is -0.395 e. The quantitative estimate of drug-likeness (QED) is 0.510. The topological polar surface area (TPSA) is 120 Å². The van der Waals surface area contributed by atoms with Crippen LogP contribution in [0.1, 0.15) is 6.23 Å². The van der Waals surface area contributed by atoms with E-state index in [0.717, 1.165) is 0 Å². The number of aliphatic hydroxyl groups excluding tert-OH is 4. The smallest absolute Gasteiger partial charge is 0.206 e. The van der Waals surface area contributed by atoms with E-state index < -0.39 is 31.1 Å². The van der Waals surface area contributed by atoms with Crippen LogP contribution in [0, 0.1) is 0 Å². The van der Waals surface area contributed by atoms with Crippen molar-refractivity contribution in [2.75, 3.05) is 25.1 Å². The number of rotatable bonds is 5. The van der Waals surface area contributed by atoms with Crippen LogP contribution in [0.4, 0.5) is 5.95 Å². The third-order valence-corrected chi connectivity index (χ3v) is 4.62. The molecule has 1 aliphatic heterocycles. The Morgan fingerprint density at radius 3 is 2.50 bits per heavy atom. The number of anilines is 1. The van der Waals surface area contributed by atoms with Crippen molar-refractivity contribution in [2.24, 2.45) is 0 Å². The molecule has 24 heavy (non-hydrogen) atoms. The summed E-state index contributed by atoms with van der Waals surface area (Å²) in [6, 6.07) is 3.15. The van der Waals surface area contributed by atoms with Gasteiger partial charge in [-0.3, -0.25) is 4.57 Å². The van der Waals surface area contributed by atoms with Gasteiger partial charge in [-0.15, -0.1) is 0 Å². The average Bonchev–Trinajstić information content (AvgIpc) is 3.04. The Morgan fingerprint density at radius 1 is 1.17 bits per heavy atom. The lowest BCUT2D eigenvalue weighted by Gasteiger charge is -2.20. The van der Waals surface area contributed by atoms with Crippen LogP contribution in [0.25, 0.3) is 11.0 Å². The molecule has 1 fully saturated rings. The molecule has 0 aliphatic carbocycles. The molecule has 0 radical (unpaired) electrons. The van der Waals surface area contributed by atoms with Crippen LogP contribution < -0.4 is 5.32 Å². The Balaban J connectivity index is 2.12. The Bertz CT molecular complexity index is 741. The van der Waals surface area contributed by atoms with Crippen molar-refractivity contribution in [3.8, 4) is 0 Å². The maximum atomic E-state index is 10.3. The number of nitrogens with one attached hydrogen (secondary N) is 1. The molecule has 10 heteroatoms. The van der Waals surface area contributed by atoms with E-state index in [-0.39, 0.29) is 13.2 Å². The SMILES string of the molecule is OCCNc1nc2cc(Cl)c(Cl)cc2n1[C@H]1O[C@@H](CO)[C@H](O)[C@@H]1O. The van der Waals surface area contributed by atoms with E-state index >= 15 is 0 Å². The van der Waals surface area contributed by atoms with Gasteiger partial charge in [0.1, 0.15) is 18.3 Å². The minimum absolute atomic E-state index is 0.124. The van der Waals surface area contributed by atoms with E-state index in [9.17, 15) is 15.3 Å². The molecule has 132 valence electrons. The summed E-state index contributed by atoms with van der Waals surface area (Å²) in [6.45, 7) is -0.340. The molecular formula is C14H17Cl2N3O5. The fourth-order valence-electron chi connectivity index (χ4n) is 2.73. The zero-order valence-corrected chi connectivity index (χ0v) is 13.9. The van der Waals surface area contributed by atoms with Crippen molar-refractivity contribution in [3.63, 3.8) is 0 Å². The summed E-state index contributed by atoms with van der Waals surface area (Å²) in [5.74, 6) is 0.312. The summed E-state index contributed by atoms with van der Waals surface area (Å²) in [5.41, 5.74) is 1.03. The molecule has 0 unspecified atom stereocenters. The molecule has 0 bridgehead atoms. The molecular weight excluding hydrogens is 361 g/mol. The van der Waals surface area contributed by atoms with Gasteiger partial charge in [-0.05, 0) is 12.1 Å². The first-order valence-corrected chi connectivity index (χ1v) is 8.07. The van der Waals surface area contributed by atoms with Gasteiger partial charge in [0.2, 0.25) is 5.95 Å². The van der Waals surface area contributed by atoms with Gasteiger partial charge in [-0.25, -0.2) is 4.98 Å². The van der Waals surface area contributed by atoms with Gasteiger partial charge >= 0.3 is 0 Å². The van der Waals surface area contributed by atoms with Gasteiger partial charge in [0.05, 0.1) is 34.3 Å². The molecule has 4 atom stereocenters. The summed E-state index contributed by atoms with van der Waals surface area (Å²) in [5, 5.41) is 42.1. The lowest BCUT2D eigenvalue weighted by atomic mass is 10.1. The van der Waals surface area contributed by atoms with E-state index in [1.54, 1.807) is 12.1 Å². The lowest BCUT2D eigenvalue weighted by molar-refractivity contribution is -0.0499. The van der Waals surface area contributed by atoms with Crippen LogP contribution in [-0.2, 0) is 4.74 Å². The van der Waals surface area contributed by atoms with Gasteiger partial charge in [-0.1, -0.05) is 23.2 Å². The maximum Gasteiger partial charge on any atom is 0.206 e. The zero-order chi connectivity index (χ0) is 17.4. The van der Waals surface area contributed by atoms with Crippen LogP contribution in [0.3, 0.4) is 0 Å². The molecule has 0 spiro atoms. The van der Waals surface area contributed by atoms with Crippen molar-refractivity contribution in [2.45, 2.75) is 24.5 Å². The number of nitrogens with zero attached hydrogens (tertiary/aromatic N) is 2. The van der Waals surface area contributed by atoms with Crippen molar-refractivity contribution >= 4 is 40.2 Å². The first-order chi connectivity index (χ1) is 11.5. The average molecular weight is 378 g/mol. The van der Waals surface area contributed by atoms with Crippen LogP contribution in [-0.4, -0.2) is 68.0 Å². The van der Waals surface area contributed by atoms with Crippen molar-refractivity contribution in [1.82, 2.24) is 9.55 Å². The van der Waals surface area contributed by atoms with Crippen LogP contribution in [0.5, 0.6) is 0 Å². The fraction of sp³-hybridized carbons (Fsp3) is 0.500. The van der Waals surface area contributed by atoms with Gasteiger partial charge in [0, 0.05) is 6.54 Å². The van der Waals surface area contributed by atoms with Crippen LogP contribution >= 0.6 is 23.2 Å². The number of aromatic nitrogens is 2. The largest absolute Gasteiger partial charge is 0.395 e. The molecule has 1 aromatic carbocycles. The van der Waals surface area contributed by atoms with E-state index in [0.29, 0.717) is 27.0 Å². The van der Waals surface area contributed by atoms with E-state index in [1.165, 1.54) is 4.57 Å². The first-order valence-electron chi connectivity index (χ1n) is 7.32. The van der Waals surface area contributed by atoms with Crippen molar-refractivity contribution in [3.05, 3.63) is 22.2 Å². The number of fused-ring (bicyclic) bond motifs is 1. The highest BCUT2D eigenvalue weighted by Crippen LogP contribution is 2.37. The Hall–Kier alpha value is -1.13. The summed E-state index contributed by atoms with van der Waals surface area (Å²) in [7, 11) is 0. The highest BCUT2D eigenvalue weighted by molar-refractivity contribution is 6.42. The Labute approximate surface area is 147 Å². The fourth-order valence-corrected chi connectivity index (χ4v) is 3.05. The highest BCUT2D eigenvalue weighted by atomic mass is 35.5. The Kier molecular flexibility index (Phi) is 5.16. The third-order valence-electron chi connectivity index (χ3n) is 3.90. The normalized spacial score (nSPS) is 27.1. The van der Waals surface area contributed by atoms with E-state index in [4.69, 9.17) is 33.0 Å². The number of hydrogen-bond donors (Lipinski definition) is 5. The number of hydrogen-bond acceptors (Lipinski definition) is 7. The molecule has 5 N–H and O–H groups in total. The molecule has 3 rings (SSSR count). The lowest BCUT2D eigenvalue weighted by Crippen LogP contribution is -2.33. The second-order valence-corrected chi connectivity index (χ2v) is 6.25. The number of benzene rings is 1. The van der Waals surface area contributed by atoms with Gasteiger partial charge in [0.15, 0.2) is 6.23 Å². The maximum absolute atomic E-state index is 10.3. The van der Waals surface area contributed by atoms with E-state index in [2.05, 4.69) is 10.3 Å². The number of ether oxygens (including phenoxy) is 1. The summed E-state index contributed by atoms with van der Waals surface area (Å²) < 4.78 is 7.10. The first kappa shape index (κ1) is 17.7. The number of halogens is 2. The summed E-state index contributed by atoms with van der Waals surface area (Å²) in [6.07, 6.45) is -4.42. The van der Waals surface area contributed by atoms with Gasteiger partial charge < -0.3 is 30.5 Å². The second kappa shape index (κ2) is 7.01. The molecule has 8 nitrogen and oxygen atoms in total. The molecule has 2 heterocycles. The predicted molar refractivity (Wildman–Crippen MR) is 88.3 cm³/mol. The van der Waals surface area contributed by atoms with E-state index in [1.807, 2.05) is 0 Å². The molecule has 1 aliphatic rings. The molecule has 2 aromatic rings. The Morgan fingerprint density at radius 2 is 1.88 bits per heavy atom.